The maximum absolute atomic E-state index is 11.5. The molecule has 3 nitrogen and oxygen atoms in total. The van der Waals surface area contributed by atoms with Gasteiger partial charge in [-0.1, -0.05) is 53.0 Å². The van der Waals surface area contributed by atoms with E-state index in [-0.39, 0.29) is 12.0 Å². The van der Waals surface area contributed by atoms with Crippen LogP contribution in [0.5, 0.6) is 0 Å². The van der Waals surface area contributed by atoms with Crippen molar-refractivity contribution >= 4 is 40.8 Å². The Labute approximate surface area is 162 Å². The second kappa shape index (κ2) is 7.96. The third-order valence-electron chi connectivity index (χ3n) is 4.61. The minimum Gasteiger partial charge on any atom is -0.481 e. The number of hydrogen-bond acceptors (Lipinski definition) is 2. The van der Waals surface area contributed by atoms with Crippen molar-refractivity contribution in [3.8, 4) is 0 Å². The van der Waals surface area contributed by atoms with Crippen molar-refractivity contribution in [1.82, 2.24) is 4.90 Å². The fourth-order valence-electron chi connectivity index (χ4n) is 3.40. The number of carboxylic acid groups (broad SMARTS) is 1. The second-order valence-electron chi connectivity index (χ2n) is 6.29. The highest BCUT2D eigenvalue weighted by Gasteiger charge is 2.32. The first-order chi connectivity index (χ1) is 12.0. The summed E-state index contributed by atoms with van der Waals surface area (Å²) in [7, 11) is 0. The van der Waals surface area contributed by atoms with E-state index in [1.165, 1.54) is 0 Å². The number of nitrogens with zero attached hydrogens (tertiary/aromatic N) is 1. The van der Waals surface area contributed by atoms with E-state index in [0.717, 1.165) is 24.1 Å². The van der Waals surface area contributed by atoms with Crippen LogP contribution in [0.3, 0.4) is 0 Å². The zero-order valence-corrected chi connectivity index (χ0v) is 15.7. The molecule has 1 aliphatic rings. The Morgan fingerprint density at radius 3 is 2.40 bits per heavy atom. The third-order valence-corrected chi connectivity index (χ3v) is 5.42. The predicted molar refractivity (Wildman–Crippen MR) is 102 cm³/mol. The van der Waals surface area contributed by atoms with Crippen molar-refractivity contribution in [2.75, 3.05) is 13.1 Å². The van der Waals surface area contributed by atoms with E-state index in [2.05, 4.69) is 4.90 Å². The minimum absolute atomic E-state index is 0.135. The Hall–Kier alpha value is -1.26. The van der Waals surface area contributed by atoms with E-state index >= 15 is 0 Å². The summed E-state index contributed by atoms with van der Waals surface area (Å²) in [5.41, 5.74) is 1.94. The maximum Gasteiger partial charge on any atom is 0.307 e. The van der Waals surface area contributed by atoms with Gasteiger partial charge in [0.25, 0.3) is 0 Å². The zero-order chi connectivity index (χ0) is 18.0. The van der Waals surface area contributed by atoms with Crippen molar-refractivity contribution in [3.05, 3.63) is 68.7 Å². The number of piperidine rings is 1. The van der Waals surface area contributed by atoms with Gasteiger partial charge in [-0.3, -0.25) is 9.69 Å². The van der Waals surface area contributed by atoms with Crippen molar-refractivity contribution in [2.45, 2.75) is 18.9 Å². The second-order valence-corrected chi connectivity index (χ2v) is 7.57. The molecule has 0 radical (unpaired) electrons. The molecule has 1 aliphatic heterocycles. The summed E-state index contributed by atoms with van der Waals surface area (Å²) in [6, 6.07) is 12.9. The van der Waals surface area contributed by atoms with Crippen LogP contribution < -0.4 is 0 Å². The molecule has 0 amide bonds. The van der Waals surface area contributed by atoms with Crippen molar-refractivity contribution in [1.29, 1.82) is 0 Å². The largest absolute Gasteiger partial charge is 0.481 e. The van der Waals surface area contributed by atoms with E-state index in [0.29, 0.717) is 28.0 Å². The molecule has 25 heavy (non-hydrogen) atoms. The number of hydrogen-bond donors (Lipinski definition) is 1. The lowest BCUT2D eigenvalue weighted by Gasteiger charge is -2.38. The molecular weight excluding hydrogens is 381 g/mol. The molecule has 132 valence electrons. The van der Waals surface area contributed by atoms with Crippen LogP contribution in [0, 0.1) is 5.92 Å². The van der Waals surface area contributed by atoms with E-state index in [9.17, 15) is 9.90 Å². The van der Waals surface area contributed by atoms with Crippen LogP contribution in [0.2, 0.25) is 15.1 Å². The number of likely N-dealkylation sites (tertiary alicyclic amines) is 1. The summed E-state index contributed by atoms with van der Waals surface area (Å²) in [5.74, 6) is -1.11. The van der Waals surface area contributed by atoms with Crippen LogP contribution in [-0.4, -0.2) is 29.1 Å². The highest BCUT2D eigenvalue weighted by Crippen LogP contribution is 2.37. The number of benzene rings is 2. The fraction of sp³-hybridized carbons (Fsp3) is 0.316. The molecule has 0 aliphatic carbocycles. The highest BCUT2D eigenvalue weighted by atomic mass is 35.5. The number of aliphatic carboxylic acids is 1. The molecule has 2 unspecified atom stereocenters. The standard InChI is InChI=1S/C19H18Cl3NO2/c20-14-5-3-12(4-6-14)18(16-8-7-15(21)10-17(16)22)23-9-1-2-13(11-23)19(24)25/h3-8,10,13,18H,1-2,9,11H2,(H,24,25). The molecule has 1 saturated heterocycles. The van der Waals surface area contributed by atoms with Gasteiger partial charge in [-0.2, -0.15) is 0 Å². The molecule has 1 fully saturated rings. The average molecular weight is 399 g/mol. The summed E-state index contributed by atoms with van der Waals surface area (Å²) >= 11 is 18.5. The van der Waals surface area contributed by atoms with Gasteiger partial charge < -0.3 is 5.11 Å². The number of carboxylic acids is 1. The van der Waals surface area contributed by atoms with Crippen molar-refractivity contribution in [2.24, 2.45) is 5.92 Å². The van der Waals surface area contributed by atoms with Gasteiger partial charge in [-0.05, 0) is 54.8 Å². The van der Waals surface area contributed by atoms with Gasteiger partial charge in [0.05, 0.1) is 12.0 Å². The van der Waals surface area contributed by atoms with Gasteiger partial charge in [-0.15, -0.1) is 0 Å². The SMILES string of the molecule is O=C(O)C1CCCN(C(c2ccc(Cl)cc2)c2ccc(Cl)cc2Cl)C1. The van der Waals surface area contributed by atoms with Crippen LogP contribution in [0.1, 0.15) is 30.0 Å². The molecule has 3 rings (SSSR count). The molecular formula is C19H18Cl3NO2. The molecule has 0 bridgehead atoms. The van der Waals surface area contributed by atoms with Crippen LogP contribution in [0.15, 0.2) is 42.5 Å². The minimum atomic E-state index is -0.748. The third kappa shape index (κ3) is 4.29. The molecule has 0 saturated carbocycles. The molecule has 1 heterocycles. The maximum atomic E-state index is 11.5. The fourth-order valence-corrected chi connectivity index (χ4v) is 4.04. The first kappa shape index (κ1) is 18.5. The smallest absolute Gasteiger partial charge is 0.307 e. The Morgan fingerprint density at radius 1 is 1.08 bits per heavy atom. The first-order valence-corrected chi connectivity index (χ1v) is 9.26. The van der Waals surface area contributed by atoms with E-state index in [4.69, 9.17) is 34.8 Å². The summed E-state index contributed by atoms with van der Waals surface area (Å²) in [5, 5.41) is 11.2. The lowest BCUT2D eigenvalue weighted by Crippen LogP contribution is -2.41. The quantitative estimate of drug-likeness (QED) is 0.736. The Morgan fingerprint density at radius 2 is 1.76 bits per heavy atom. The number of carbonyl (C=O) groups is 1. The number of halogens is 3. The Balaban J connectivity index is 2.02. The molecule has 2 aromatic carbocycles. The van der Waals surface area contributed by atoms with Crippen LogP contribution in [0.4, 0.5) is 0 Å². The Kier molecular flexibility index (Phi) is 5.90. The van der Waals surface area contributed by atoms with E-state index in [1.54, 1.807) is 6.07 Å². The topological polar surface area (TPSA) is 40.5 Å². The molecule has 2 aromatic rings. The summed E-state index contributed by atoms with van der Waals surface area (Å²) < 4.78 is 0. The normalized spacial score (nSPS) is 19.6. The summed E-state index contributed by atoms with van der Waals surface area (Å²) in [4.78, 5) is 13.6. The molecule has 0 aromatic heterocycles. The van der Waals surface area contributed by atoms with E-state index < -0.39 is 5.97 Å². The van der Waals surface area contributed by atoms with E-state index in [1.807, 2.05) is 36.4 Å². The first-order valence-electron chi connectivity index (χ1n) is 8.13. The molecule has 2 atom stereocenters. The molecule has 6 heteroatoms. The highest BCUT2D eigenvalue weighted by molar-refractivity contribution is 6.35. The van der Waals surface area contributed by atoms with Gasteiger partial charge in [0.1, 0.15) is 0 Å². The molecule has 0 spiro atoms. The average Bonchev–Trinajstić information content (AvgIpc) is 2.59. The lowest BCUT2D eigenvalue weighted by atomic mass is 9.91. The number of rotatable bonds is 4. The van der Waals surface area contributed by atoms with Crippen LogP contribution >= 0.6 is 34.8 Å². The van der Waals surface area contributed by atoms with Gasteiger partial charge in [-0.25, -0.2) is 0 Å². The van der Waals surface area contributed by atoms with Crippen molar-refractivity contribution < 1.29 is 9.90 Å². The van der Waals surface area contributed by atoms with Gasteiger partial charge >= 0.3 is 5.97 Å². The summed E-state index contributed by atoms with van der Waals surface area (Å²) in [6.45, 7) is 1.30. The zero-order valence-electron chi connectivity index (χ0n) is 13.5. The monoisotopic (exact) mass is 397 g/mol. The van der Waals surface area contributed by atoms with Gasteiger partial charge in [0.2, 0.25) is 0 Å². The predicted octanol–water partition coefficient (Wildman–Crippen LogP) is 5.53. The van der Waals surface area contributed by atoms with Crippen LogP contribution in [-0.2, 0) is 4.79 Å². The van der Waals surface area contributed by atoms with Crippen molar-refractivity contribution in [3.63, 3.8) is 0 Å². The van der Waals surface area contributed by atoms with Gasteiger partial charge in [0.15, 0.2) is 0 Å². The Bertz CT molecular complexity index is 764. The molecule has 1 N–H and O–H groups in total. The lowest BCUT2D eigenvalue weighted by molar-refractivity contribution is -0.143. The van der Waals surface area contributed by atoms with Gasteiger partial charge in [0, 0.05) is 21.6 Å². The van der Waals surface area contributed by atoms with Crippen LogP contribution in [0.25, 0.3) is 0 Å². The summed E-state index contributed by atoms with van der Waals surface area (Å²) in [6.07, 6.45) is 1.54.